The number of nitrogens with two attached hydrogens (primary N) is 1. The zero-order chi connectivity index (χ0) is 14.5. The molecule has 0 aliphatic rings. The van der Waals surface area contributed by atoms with Crippen LogP contribution in [0.15, 0.2) is 42.5 Å². The van der Waals surface area contributed by atoms with Gasteiger partial charge in [-0.2, -0.15) is 0 Å². The van der Waals surface area contributed by atoms with Crippen LogP contribution in [0, 0.1) is 13.8 Å². The molecule has 3 N–H and O–H groups in total. The van der Waals surface area contributed by atoms with E-state index in [2.05, 4.69) is 24.4 Å². The highest BCUT2D eigenvalue weighted by Crippen LogP contribution is 2.20. The summed E-state index contributed by atoms with van der Waals surface area (Å²) < 4.78 is 0. The van der Waals surface area contributed by atoms with Crippen LogP contribution in [0.2, 0.25) is 0 Å². The maximum atomic E-state index is 12.0. The minimum absolute atomic E-state index is 0.0141. The number of anilines is 2. The van der Waals surface area contributed by atoms with Gasteiger partial charge in [0.2, 0.25) is 5.91 Å². The lowest BCUT2D eigenvalue weighted by molar-refractivity contribution is -0.116. The summed E-state index contributed by atoms with van der Waals surface area (Å²) in [5.74, 6) is 0.0141. The normalized spacial score (nSPS) is 10.3. The van der Waals surface area contributed by atoms with Crippen LogP contribution in [0.4, 0.5) is 11.4 Å². The fraction of sp³-hybridized carbons (Fsp3) is 0.235. The van der Waals surface area contributed by atoms with Crippen molar-refractivity contribution in [2.24, 2.45) is 0 Å². The van der Waals surface area contributed by atoms with Gasteiger partial charge in [-0.05, 0) is 43.5 Å². The molecule has 3 heteroatoms. The number of amides is 1. The molecule has 0 spiro atoms. The average molecular weight is 268 g/mol. The molecular weight excluding hydrogens is 248 g/mol. The maximum Gasteiger partial charge on any atom is 0.224 e. The Kier molecular flexibility index (Phi) is 4.41. The molecule has 2 rings (SSSR count). The molecule has 0 atom stereocenters. The minimum Gasteiger partial charge on any atom is -0.398 e. The maximum absolute atomic E-state index is 12.0. The molecule has 104 valence electrons. The number of rotatable bonds is 4. The lowest BCUT2D eigenvalue weighted by Gasteiger charge is -2.10. The summed E-state index contributed by atoms with van der Waals surface area (Å²) >= 11 is 0. The van der Waals surface area contributed by atoms with Crippen LogP contribution in [0.25, 0.3) is 0 Å². The summed E-state index contributed by atoms with van der Waals surface area (Å²) in [5, 5.41) is 2.92. The van der Waals surface area contributed by atoms with Crippen molar-refractivity contribution in [1.82, 2.24) is 0 Å². The van der Waals surface area contributed by atoms with E-state index in [0.29, 0.717) is 12.1 Å². The van der Waals surface area contributed by atoms with E-state index >= 15 is 0 Å². The zero-order valence-electron chi connectivity index (χ0n) is 11.9. The van der Waals surface area contributed by atoms with Gasteiger partial charge in [0, 0.05) is 17.8 Å². The molecule has 0 aliphatic heterocycles. The first-order chi connectivity index (χ1) is 9.56. The Balaban J connectivity index is 1.94. The van der Waals surface area contributed by atoms with E-state index < -0.39 is 0 Å². The van der Waals surface area contributed by atoms with Crippen LogP contribution in [0.1, 0.15) is 23.1 Å². The van der Waals surface area contributed by atoms with Crippen molar-refractivity contribution in [2.75, 3.05) is 11.1 Å². The smallest absolute Gasteiger partial charge is 0.224 e. The van der Waals surface area contributed by atoms with Gasteiger partial charge in [-0.3, -0.25) is 4.79 Å². The van der Waals surface area contributed by atoms with Gasteiger partial charge in [-0.25, -0.2) is 0 Å². The molecule has 0 fully saturated rings. The molecule has 0 unspecified atom stereocenters. The molecule has 0 aliphatic carbocycles. The van der Waals surface area contributed by atoms with Gasteiger partial charge in [0.1, 0.15) is 0 Å². The Bertz CT molecular complexity index is 620. The van der Waals surface area contributed by atoms with Crippen molar-refractivity contribution in [3.05, 3.63) is 59.2 Å². The summed E-state index contributed by atoms with van der Waals surface area (Å²) in [6, 6.07) is 13.8. The third-order valence-corrected chi connectivity index (χ3v) is 3.37. The number of carbonyl (C=O) groups excluding carboxylic acids is 1. The summed E-state index contributed by atoms with van der Waals surface area (Å²) in [5.41, 5.74) is 10.6. The van der Waals surface area contributed by atoms with Crippen molar-refractivity contribution >= 4 is 17.3 Å². The van der Waals surface area contributed by atoms with E-state index in [0.717, 1.165) is 17.7 Å². The summed E-state index contributed by atoms with van der Waals surface area (Å²) in [6.07, 6.45) is 1.21. The van der Waals surface area contributed by atoms with Crippen molar-refractivity contribution in [3.8, 4) is 0 Å². The fourth-order valence-corrected chi connectivity index (χ4v) is 2.13. The van der Waals surface area contributed by atoms with Crippen molar-refractivity contribution in [1.29, 1.82) is 0 Å². The molecule has 1 amide bonds. The van der Waals surface area contributed by atoms with E-state index in [1.807, 2.05) is 37.3 Å². The highest BCUT2D eigenvalue weighted by atomic mass is 16.1. The molecule has 0 aromatic heterocycles. The quantitative estimate of drug-likeness (QED) is 0.834. The Morgan fingerprint density at radius 2 is 1.90 bits per heavy atom. The standard InChI is InChI=1S/C17H20N2O/c1-12-5-3-6-14(11-12)9-10-17(20)19-16-8-4-7-15(18)13(16)2/h3-8,11H,9-10,18H2,1-2H3,(H,19,20). The van der Waals surface area contributed by atoms with Crippen LogP contribution < -0.4 is 11.1 Å². The Morgan fingerprint density at radius 1 is 1.15 bits per heavy atom. The van der Waals surface area contributed by atoms with Gasteiger partial charge >= 0.3 is 0 Å². The van der Waals surface area contributed by atoms with Crippen LogP contribution in [0.3, 0.4) is 0 Å². The first-order valence-corrected chi connectivity index (χ1v) is 6.77. The molecule has 0 bridgehead atoms. The van der Waals surface area contributed by atoms with Crippen LogP contribution in [0.5, 0.6) is 0 Å². The second kappa shape index (κ2) is 6.24. The molecule has 3 nitrogen and oxygen atoms in total. The number of carbonyl (C=O) groups is 1. The lowest BCUT2D eigenvalue weighted by atomic mass is 10.1. The van der Waals surface area contributed by atoms with Gasteiger partial charge in [-0.15, -0.1) is 0 Å². The Morgan fingerprint density at radius 3 is 2.65 bits per heavy atom. The van der Waals surface area contributed by atoms with Crippen molar-refractivity contribution in [2.45, 2.75) is 26.7 Å². The Labute approximate surface area is 119 Å². The van der Waals surface area contributed by atoms with E-state index in [9.17, 15) is 4.79 Å². The van der Waals surface area contributed by atoms with Gasteiger partial charge < -0.3 is 11.1 Å². The van der Waals surface area contributed by atoms with Gasteiger partial charge in [0.05, 0.1) is 0 Å². The number of benzene rings is 2. The van der Waals surface area contributed by atoms with Gasteiger partial charge in [0.25, 0.3) is 0 Å². The number of nitrogens with one attached hydrogen (secondary N) is 1. The van der Waals surface area contributed by atoms with Crippen molar-refractivity contribution < 1.29 is 4.79 Å². The second-order valence-corrected chi connectivity index (χ2v) is 5.06. The molecule has 0 saturated heterocycles. The molecule has 2 aromatic carbocycles. The fourth-order valence-electron chi connectivity index (χ4n) is 2.13. The van der Waals surface area contributed by atoms with Crippen LogP contribution >= 0.6 is 0 Å². The molecule has 0 saturated carbocycles. The zero-order valence-corrected chi connectivity index (χ0v) is 11.9. The highest BCUT2D eigenvalue weighted by Gasteiger charge is 2.06. The third-order valence-electron chi connectivity index (χ3n) is 3.37. The number of hydrogen-bond acceptors (Lipinski definition) is 2. The predicted molar refractivity (Wildman–Crippen MR) is 83.7 cm³/mol. The number of aryl methyl sites for hydroxylation is 2. The van der Waals surface area contributed by atoms with Crippen LogP contribution in [-0.4, -0.2) is 5.91 Å². The Hall–Kier alpha value is -2.29. The molecule has 0 radical (unpaired) electrons. The summed E-state index contributed by atoms with van der Waals surface area (Å²) in [7, 11) is 0. The third kappa shape index (κ3) is 3.60. The lowest BCUT2D eigenvalue weighted by Crippen LogP contribution is -2.13. The van der Waals surface area contributed by atoms with E-state index in [1.165, 1.54) is 11.1 Å². The highest BCUT2D eigenvalue weighted by molar-refractivity contribution is 5.92. The molecule has 0 heterocycles. The van der Waals surface area contributed by atoms with E-state index in [4.69, 9.17) is 5.73 Å². The average Bonchev–Trinajstić information content (AvgIpc) is 2.42. The number of nitrogen functional groups attached to an aromatic ring is 1. The molecule has 20 heavy (non-hydrogen) atoms. The summed E-state index contributed by atoms with van der Waals surface area (Å²) in [6.45, 7) is 3.96. The summed E-state index contributed by atoms with van der Waals surface area (Å²) in [4.78, 5) is 12.0. The topological polar surface area (TPSA) is 55.1 Å². The largest absolute Gasteiger partial charge is 0.398 e. The predicted octanol–water partition coefficient (Wildman–Crippen LogP) is 3.46. The van der Waals surface area contributed by atoms with Crippen LogP contribution in [-0.2, 0) is 11.2 Å². The van der Waals surface area contributed by atoms with Gasteiger partial charge in [-0.1, -0.05) is 35.9 Å². The minimum atomic E-state index is 0.0141. The van der Waals surface area contributed by atoms with Gasteiger partial charge in [0.15, 0.2) is 0 Å². The SMILES string of the molecule is Cc1cccc(CCC(=O)Nc2cccc(N)c2C)c1. The molecule has 2 aromatic rings. The second-order valence-electron chi connectivity index (χ2n) is 5.06. The van der Waals surface area contributed by atoms with E-state index in [1.54, 1.807) is 0 Å². The van der Waals surface area contributed by atoms with Crippen molar-refractivity contribution in [3.63, 3.8) is 0 Å². The monoisotopic (exact) mass is 268 g/mol. The van der Waals surface area contributed by atoms with E-state index in [-0.39, 0.29) is 5.91 Å². The first-order valence-electron chi connectivity index (χ1n) is 6.77. The number of hydrogen-bond donors (Lipinski definition) is 2. The first kappa shape index (κ1) is 14.1. The molecular formula is C17H20N2O.